The van der Waals surface area contributed by atoms with E-state index in [0.717, 1.165) is 12.8 Å². The van der Waals surface area contributed by atoms with Crippen molar-refractivity contribution >= 4 is 16.6 Å². The summed E-state index contributed by atoms with van der Waals surface area (Å²) < 4.78 is 14.1. The van der Waals surface area contributed by atoms with E-state index in [1.807, 2.05) is 0 Å². The maximum Gasteiger partial charge on any atom is 0.192 e. The highest BCUT2D eigenvalue weighted by Gasteiger charge is 2.50. The summed E-state index contributed by atoms with van der Waals surface area (Å²) in [4.78, 5) is 0. The Bertz CT molecular complexity index is 948. The van der Waals surface area contributed by atoms with Gasteiger partial charge in [-0.2, -0.15) is 0 Å². The molecule has 0 bridgehead atoms. The van der Waals surface area contributed by atoms with Crippen LogP contribution < -0.4 is 0 Å². The summed E-state index contributed by atoms with van der Waals surface area (Å²) in [5.74, 6) is 1.65. The average molecular weight is 575 g/mol. The quantitative estimate of drug-likeness (QED) is 0.308. The van der Waals surface area contributed by atoms with Crippen molar-refractivity contribution in [1.29, 1.82) is 0 Å². The first-order valence-electron chi connectivity index (χ1n) is 15.8. The second-order valence-electron chi connectivity index (χ2n) is 16.5. The summed E-state index contributed by atoms with van der Waals surface area (Å²) in [5, 5.41) is 10.3. The molecule has 3 aliphatic rings. The van der Waals surface area contributed by atoms with Crippen LogP contribution in [0, 0.1) is 23.2 Å². The number of aliphatic hydroxyl groups is 1. The number of rotatable bonds is 7. The first kappa shape index (κ1) is 33.0. The van der Waals surface area contributed by atoms with Crippen molar-refractivity contribution in [1.82, 2.24) is 0 Å². The topological polar surface area (TPSA) is 38.7 Å². The molecule has 0 spiro atoms. The second-order valence-corrected chi connectivity index (χ2v) is 26.0. The Kier molecular flexibility index (Phi) is 9.88. The molecular formula is C34H62O3Si2. The largest absolute Gasteiger partial charge is 0.413 e. The van der Waals surface area contributed by atoms with Gasteiger partial charge in [0.05, 0.1) is 12.2 Å². The van der Waals surface area contributed by atoms with E-state index < -0.39 is 16.6 Å². The van der Waals surface area contributed by atoms with E-state index in [0.29, 0.717) is 29.8 Å². The fraction of sp³-hybridized carbons (Fsp3) is 0.824. The maximum absolute atomic E-state index is 9.93. The molecule has 3 saturated carbocycles. The fourth-order valence-electron chi connectivity index (χ4n) is 7.11. The summed E-state index contributed by atoms with van der Waals surface area (Å²) in [6.07, 6.45) is 13.2. The van der Waals surface area contributed by atoms with E-state index in [1.165, 1.54) is 43.3 Å². The third-order valence-electron chi connectivity index (χ3n) is 11.7. The van der Waals surface area contributed by atoms with E-state index in [2.05, 4.69) is 100 Å². The lowest BCUT2D eigenvalue weighted by molar-refractivity contribution is 0.0690. The van der Waals surface area contributed by atoms with Crippen LogP contribution in [0.2, 0.25) is 36.3 Å². The summed E-state index contributed by atoms with van der Waals surface area (Å²) >= 11 is 0. The molecule has 3 nitrogen and oxygen atoms in total. The molecular weight excluding hydrogens is 513 g/mol. The van der Waals surface area contributed by atoms with E-state index >= 15 is 0 Å². The highest BCUT2D eigenvalue weighted by molar-refractivity contribution is 6.74. The Morgan fingerprint density at radius 1 is 1.00 bits per heavy atom. The lowest BCUT2D eigenvalue weighted by atomic mass is 9.61. The first-order valence-corrected chi connectivity index (χ1v) is 21.6. The SMILES string of the molecule is C=C1C(=CC=C2CCC[C@@]3(C)C2CCC3C(C)CO)CC(O[Si](C)(C)C(C)(C)C)CC1O[Si](C)(C)C(C)(C)C. The van der Waals surface area contributed by atoms with Crippen molar-refractivity contribution in [3.05, 3.63) is 35.5 Å². The normalized spacial score (nSPS) is 34.0. The minimum atomic E-state index is -1.96. The summed E-state index contributed by atoms with van der Waals surface area (Å²) in [6.45, 7) is 33.1. The molecule has 39 heavy (non-hydrogen) atoms. The molecule has 224 valence electrons. The zero-order valence-electron chi connectivity index (χ0n) is 27.7. The zero-order chi connectivity index (χ0) is 29.6. The number of hydrogen-bond acceptors (Lipinski definition) is 3. The Morgan fingerprint density at radius 3 is 2.15 bits per heavy atom. The molecule has 0 aromatic carbocycles. The third kappa shape index (κ3) is 6.96. The molecule has 0 amide bonds. The number of fused-ring (bicyclic) bond motifs is 1. The van der Waals surface area contributed by atoms with E-state index in [-0.39, 0.29) is 22.3 Å². The van der Waals surface area contributed by atoms with Crippen LogP contribution in [0.15, 0.2) is 35.5 Å². The van der Waals surface area contributed by atoms with Crippen molar-refractivity contribution in [2.45, 2.75) is 149 Å². The highest BCUT2D eigenvalue weighted by atomic mass is 28.4. The van der Waals surface area contributed by atoms with Crippen LogP contribution in [0.3, 0.4) is 0 Å². The number of hydrogen-bond donors (Lipinski definition) is 1. The van der Waals surface area contributed by atoms with Gasteiger partial charge in [-0.25, -0.2) is 0 Å². The van der Waals surface area contributed by atoms with Crippen LogP contribution in [0.25, 0.3) is 0 Å². The van der Waals surface area contributed by atoms with E-state index in [9.17, 15) is 5.11 Å². The van der Waals surface area contributed by atoms with Crippen LogP contribution in [-0.4, -0.2) is 40.6 Å². The molecule has 5 unspecified atom stereocenters. The molecule has 1 N–H and O–H groups in total. The molecule has 3 aliphatic carbocycles. The smallest absolute Gasteiger partial charge is 0.192 e. The Balaban J connectivity index is 1.93. The van der Waals surface area contributed by atoms with Crippen molar-refractivity contribution in [3.8, 4) is 0 Å². The van der Waals surface area contributed by atoms with Crippen LogP contribution >= 0.6 is 0 Å². The monoisotopic (exact) mass is 574 g/mol. The van der Waals surface area contributed by atoms with Crippen molar-refractivity contribution < 1.29 is 14.0 Å². The average Bonchev–Trinajstić information content (AvgIpc) is 3.15. The molecule has 3 fully saturated rings. The van der Waals surface area contributed by atoms with Gasteiger partial charge in [-0.3, -0.25) is 0 Å². The minimum absolute atomic E-state index is 0.0250. The molecule has 0 radical (unpaired) electrons. The molecule has 3 rings (SSSR count). The maximum atomic E-state index is 9.93. The predicted molar refractivity (Wildman–Crippen MR) is 173 cm³/mol. The van der Waals surface area contributed by atoms with Gasteiger partial charge in [-0.15, -0.1) is 0 Å². The Hall–Kier alpha value is -0.466. The minimum Gasteiger partial charge on any atom is -0.413 e. The van der Waals surface area contributed by atoms with Crippen molar-refractivity contribution in [3.63, 3.8) is 0 Å². The van der Waals surface area contributed by atoms with Gasteiger partial charge in [0.2, 0.25) is 0 Å². The predicted octanol–water partition coefficient (Wildman–Crippen LogP) is 9.81. The van der Waals surface area contributed by atoms with Crippen molar-refractivity contribution in [2.24, 2.45) is 23.2 Å². The van der Waals surface area contributed by atoms with Crippen LogP contribution in [0.1, 0.15) is 100 Å². The summed E-state index contributed by atoms with van der Waals surface area (Å²) in [5.41, 5.74) is 4.43. The van der Waals surface area contributed by atoms with Crippen molar-refractivity contribution in [2.75, 3.05) is 6.61 Å². The van der Waals surface area contributed by atoms with Gasteiger partial charge in [0.25, 0.3) is 0 Å². The molecule has 0 aromatic rings. The van der Waals surface area contributed by atoms with E-state index in [1.54, 1.807) is 5.57 Å². The molecule has 0 aliphatic heterocycles. The van der Waals surface area contributed by atoms with Gasteiger partial charge in [-0.05, 0) is 109 Å². The molecule has 5 heteroatoms. The van der Waals surface area contributed by atoms with Gasteiger partial charge in [0.1, 0.15) is 0 Å². The van der Waals surface area contributed by atoms with Crippen LogP contribution in [-0.2, 0) is 8.85 Å². The molecule has 6 atom stereocenters. The highest BCUT2D eigenvalue weighted by Crippen LogP contribution is 2.59. The Morgan fingerprint density at radius 2 is 1.59 bits per heavy atom. The van der Waals surface area contributed by atoms with Gasteiger partial charge in [-0.1, -0.05) is 79.7 Å². The van der Waals surface area contributed by atoms with Crippen LogP contribution in [0.5, 0.6) is 0 Å². The summed E-state index contributed by atoms with van der Waals surface area (Å²) in [7, 11) is -3.87. The molecule has 0 heterocycles. The van der Waals surface area contributed by atoms with Gasteiger partial charge in [0.15, 0.2) is 16.6 Å². The lowest BCUT2D eigenvalue weighted by Crippen LogP contribution is -2.49. The summed E-state index contributed by atoms with van der Waals surface area (Å²) in [6, 6.07) is 0. The molecule has 0 aromatic heterocycles. The second kappa shape index (κ2) is 11.7. The lowest BCUT2D eigenvalue weighted by Gasteiger charge is -2.45. The standard InChI is InChI=1S/C34H62O3Si2/c1-24(23-35)29-18-19-30-26(15-14-20-34(29,30)9)16-17-27-21-28(36-38(10,11)32(3,4)5)22-31(25(27)2)37-39(12,13)33(6,7)8/h16-17,24,28-31,35H,2,14-15,18-23H2,1,3-13H3/t24?,28?,29?,30?,31?,34-/m1/s1. The van der Waals surface area contributed by atoms with Gasteiger partial charge < -0.3 is 14.0 Å². The zero-order valence-corrected chi connectivity index (χ0v) is 29.7. The van der Waals surface area contributed by atoms with Gasteiger partial charge >= 0.3 is 0 Å². The van der Waals surface area contributed by atoms with Gasteiger partial charge in [0, 0.05) is 13.0 Å². The number of allylic oxidation sites excluding steroid dienone is 3. The van der Waals surface area contributed by atoms with Crippen LogP contribution in [0.4, 0.5) is 0 Å². The fourth-order valence-corrected chi connectivity index (χ4v) is 9.78. The first-order chi connectivity index (χ1) is 17.7. The molecule has 0 saturated heterocycles. The number of aliphatic hydroxyl groups excluding tert-OH is 1. The third-order valence-corrected chi connectivity index (χ3v) is 20.8. The Labute approximate surface area is 244 Å². The van der Waals surface area contributed by atoms with E-state index in [4.69, 9.17) is 8.85 Å².